The van der Waals surface area contributed by atoms with Crippen LogP contribution in [0.4, 0.5) is 39.8 Å². The summed E-state index contributed by atoms with van der Waals surface area (Å²) in [5.74, 6) is -1.49. The maximum absolute atomic E-state index is 13.7. The summed E-state index contributed by atoms with van der Waals surface area (Å²) in [4.78, 5) is 84.2. The molecule has 4 N–H and O–H groups in total. The molecule has 0 spiro atoms. The number of hydrogen-bond donors (Lipinski definition) is 4. The highest BCUT2D eigenvalue weighted by Gasteiger charge is 2.44. The fourth-order valence-electron chi connectivity index (χ4n) is 9.27. The summed E-state index contributed by atoms with van der Waals surface area (Å²) in [6.45, 7) is 11.6. The number of alkyl carbamates (subject to hydrolysis) is 2. The summed E-state index contributed by atoms with van der Waals surface area (Å²) in [5, 5.41) is 11.1. The van der Waals surface area contributed by atoms with Crippen molar-refractivity contribution < 1.29 is 51.4 Å². The molecule has 0 saturated carbocycles. The lowest BCUT2D eigenvalue weighted by Gasteiger charge is -2.35. The van der Waals surface area contributed by atoms with E-state index in [4.69, 9.17) is 9.47 Å². The summed E-state index contributed by atoms with van der Waals surface area (Å²) in [6.07, 6.45) is -2.61. The van der Waals surface area contributed by atoms with Crippen molar-refractivity contribution in [2.75, 3.05) is 42.8 Å². The van der Waals surface area contributed by atoms with Crippen LogP contribution in [0.3, 0.4) is 0 Å². The SMILES string of the molecule is COC(=O)NC(C(=O)N1CCCC1C(=O)Nc1ccc(C2CCC(c3ccc(NC(=O)C4CCCN4C(=O)C(NC(=O)OC)C(C)(C)C)cc3)N2c2ccc(C(F)(F)F)cc2)cc1)C(C)(C)C. The van der Waals surface area contributed by atoms with Crippen LogP contribution < -0.4 is 26.2 Å². The third kappa shape index (κ3) is 11.6. The van der Waals surface area contributed by atoms with Gasteiger partial charge in [-0.3, -0.25) is 19.2 Å². The first kappa shape index (κ1) is 50.1. The second-order valence-electron chi connectivity index (χ2n) is 19.5. The zero-order valence-corrected chi connectivity index (χ0v) is 39.3. The Labute approximate surface area is 389 Å². The van der Waals surface area contributed by atoms with Crippen molar-refractivity contribution in [2.45, 2.75) is 122 Å². The van der Waals surface area contributed by atoms with Gasteiger partial charge in [0.25, 0.3) is 0 Å². The van der Waals surface area contributed by atoms with Gasteiger partial charge >= 0.3 is 18.4 Å². The van der Waals surface area contributed by atoms with Gasteiger partial charge in [-0.1, -0.05) is 65.8 Å². The van der Waals surface area contributed by atoms with E-state index in [0.717, 1.165) is 23.3 Å². The predicted octanol–water partition coefficient (Wildman–Crippen LogP) is 8.19. The van der Waals surface area contributed by atoms with Crippen LogP contribution in [0.2, 0.25) is 0 Å². The highest BCUT2D eigenvalue weighted by atomic mass is 19.4. The summed E-state index contributed by atoms with van der Waals surface area (Å²) in [5.41, 5.74) is 1.23. The van der Waals surface area contributed by atoms with Crippen molar-refractivity contribution >= 4 is 52.9 Å². The highest BCUT2D eigenvalue weighted by molar-refractivity contribution is 6.00. The van der Waals surface area contributed by atoms with E-state index >= 15 is 0 Å². The molecule has 6 amide bonds. The Hall–Kier alpha value is -6.33. The van der Waals surface area contributed by atoms with E-state index in [1.807, 2.05) is 65.8 Å². The van der Waals surface area contributed by atoms with Crippen molar-refractivity contribution in [1.29, 1.82) is 0 Å². The number of anilines is 3. The van der Waals surface area contributed by atoms with Crippen LogP contribution in [0.25, 0.3) is 0 Å². The summed E-state index contributed by atoms with van der Waals surface area (Å²) >= 11 is 0. The molecule has 3 fully saturated rings. The quantitative estimate of drug-likeness (QED) is 0.148. The largest absolute Gasteiger partial charge is 0.453 e. The Kier molecular flexibility index (Phi) is 15.2. The van der Waals surface area contributed by atoms with E-state index in [0.29, 0.717) is 68.7 Å². The van der Waals surface area contributed by atoms with E-state index in [9.17, 15) is 41.9 Å². The Morgan fingerprint density at radius 1 is 0.567 bits per heavy atom. The fourth-order valence-corrected chi connectivity index (χ4v) is 9.27. The Balaban J connectivity index is 1.18. The van der Waals surface area contributed by atoms with Gasteiger partial charge in [-0.15, -0.1) is 0 Å². The minimum atomic E-state index is -4.52. The first-order valence-electron chi connectivity index (χ1n) is 22.6. The van der Waals surface area contributed by atoms with Crippen molar-refractivity contribution in [3.05, 3.63) is 89.5 Å². The average molecular weight is 934 g/mol. The smallest absolute Gasteiger partial charge is 0.416 e. The standard InChI is InChI=1S/C49H62F3N7O8/c1-47(2,3)39(55-45(64)66-7)43(62)57-27-9-11-37(57)41(60)53-32-19-13-29(14-20-32)35-25-26-36(59(35)34-23-17-31(18-24-34)49(50,51)52)30-15-21-33(22-16-30)54-42(61)38-12-10-28-58(38)44(63)40(48(4,5)6)56-46(65)67-8/h13-24,35-40H,9-12,25-28H2,1-8H3,(H,53,60)(H,54,61)(H,55,64)(H,56,65). The van der Waals surface area contributed by atoms with Crippen LogP contribution in [-0.2, 0) is 34.8 Å². The minimum Gasteiger partial charge on any atom is -0.453 e. The number of benzene rings is 3. The minimum absolute atomic E-state index is 0.262. The van der Waals surface area contributed by atoms with Gasteiger partial charge in [0.2, 0.25) is 23.6 Å². The topological polar surface area (TPSA) is 179 Å². The van der Waals surface area contributed by atoms with Gasteiger partial charge < -0.3 is 45.4 Å². The Morgan fingerprint density at radius 3 is 1.27 bits per heavy atom. The zero-order valence-electron chi connectivity index (χ0n) is 39.3. The molecule has 362 valence electrons. The van der Waals surface area contributed by atoms with Gasteiger partial charge in [0.05, 0.1) is 31.9 Å². The molecule has 0 aromatic heterocycles. The lowest BCUT2D eigenvalue weighted by atomic mass is 9.85. The molecule has 3 aromatic rings. The van der Waals surface area contributed by atoms with Gasteiger partial charge in [0.15, 0.2) is 0 Å². The van der Waals surface area contributed by atoms with Crippen LogP contribution >= 0.6 is 0 Å². The van der Waals surface area contributed by atoms with Gasteiger partial charge in [0, 0.05) is 30.2 Å². The maximum atomic E-state index is 13.7. The van der Waals surface area contributed by atoms with Crippen molar-refractivity contribution in [1.82, 2.24) is 20.4 Å². The number of carbonyl (C=O) groups is 6. The molecule has 3 aromatic carbocycles. The number of amides is 6. The van der Waals surface area contributed by atoms with E-state index in [-0.39, 0.29) is 35.7 Å². The normalized spacial score (nSPS) is 20.7. The third-order valence-corrected chi connectivity index (χ3v) is 12.8. The van der Waals surface area contributed by atoms with Crippen LogP contribution in [0.5, 0.6) is 0 Å². The number of halogens is 3. The van der Waals surface area contributed by atoms with Crippen molar-refractivity contribution in [2.24, 2.45) is 10.8 Å². The number of ether oxygens (including phenoxy) is 2. The molecule has 3 aliphatic rings. The second kappa shape index (κ2) is 20.3. The fraction of sp³-hybridized carbons (Fsp3) is 0.510. The number of nitrogens with zero attached hydrogens (tertiary/aromatic N) is 3. The summed E-state index contributed by atoms with van der Waals surface area (Å²) in [7, 11) is 2.43. The van der Waals surface area contributed by atoms with E-state index in [1.54, 1.807) is 24.3 Å². The second-order valence-corrected chi connectivity index (χ2v) is 19.5. The van der Waals surface area contributed by atoms with Crippen molar-refractivity contribution in [3.63, 3.8) is 0 Å². The molecule has 0 aliphatic carbocycles. The third-order valence-electron chi connectivity index (χ3n) is 12.8. The van der Waals surface area contributed by atoms with Gasteiger partial charge in [-0.2, -0.15) is 13.2 Å². The molecular formula is C49H62F3N7O8. The molecule has 15 nitrogen and oxygen atoms in total. The monoisotopic (exact) mass is 933 g/mol. The Morgan fingerprint density at radius 2 is 0.940 bits per heavy atom. The first-order valence-corrected chi connectivity index (χ1v) is 22.6. The average Bonchev–Trinajstić information content (AvgIpc) is 4.07. The molecule has 6 atom stereocenters. The lowest BCUT2D eigenvalue weighted by Crippen LogP contribution is -2.57. The lowest BCUT2D eigenvalue weighted by molar-refractivity contribution is -0.140. The van der Waals surface area contributed by atoms with Crippen LogP contribution in [-0.4, -0.2) is 97.1 Å². The van der Waals surface area contributed by atoms with E-state index in [2.05, 4.69) is 26.2 Å². The van der Waals surface area contributed by atoms with Crippen LogP contribution in [0, 0.1) is 10.8 Å². The summed E-state index contributed by atoms with van der Waals surface area (Å²) < 4.78 is 50.6. The maximum Gasteiger partial charge on any atom is 0.416 e. The summed E-state index contributed by atoms with van der Waals surface area (Å²) in [6, 6.07) is 15.7. The van der Waals surface area contributed by atoms with Crippen LogP contribution in [0.15, 0.2) is 72.8 Å². The number of hydrogen-bond acceptors (Lipinski definition) is 9. The number of methoxy groups -OCH3 is 2. The van der Waals surface area contributed by atoms with Gasteiger partial charge in [-0.05, 0) is 109 Å². The number of rotatable bonds is 11. The molecule has 3 heterocycles. The number of nitrogens with one attached hydrogen (secondary N) is 4. The molecule has 0 radical (unpaired) electrons. The number of likely N-dealkylation sites (tertiary alicyclic amines) is 2. The number of carbonyl (C=O) groups excluding carboxylic acids is 6. The molecule has 6 unspecified atom stereocenters. The first-order chi connectivity index (χ1) is 31.5. The van der Waals surface area contributed by atoms with E-state index < -0.39 is 58.9 Å². The Bertz CT molecular complexity index is 2150. The molecular weight excluding hydrogens is 872 g/mol. The highest BCUT2D eigenvalue weighted by Crippen LogP contribution is 2.48. The molecule has 0 bridgehead atoms. The molecule has 3 aliphatic heterocycles. The van der Waals surface area contributed by atoms with Gasteiger partial charge in [0.1, 0.15) is 24.2 Å². The molecule has 18 heteroatoms. The molecule has 6 rings (SSSR count). The van der Waals surface area contributed by atoms with Crippen molar-refractivity contribution in [3.8, 4) is 0 Å². The predicted molar refractivity (Wildman–Crippen MR) is 246 cm³/mol. The van der Waals surface area contributed by atoms with Crippen LogP contribution in [0.1, 0.15) is 109 Å². The number of alkyl halides is 3. The molecule has 67 heavy (non-hydrogen) atoms. The van der Waals surface area contributed by atoms with E-state index in [1.165, 1.54) is 36.2 Å². The molecule has 3 saturated heterocycles. The zero-order chi connectivity index (χ0) is 49.0. The van der Waals surface area contributed by atoms with Gasteiger partial charge in [-0.25, -0.2) is 9.59 Å².